The minimum atomic E-state index is 0.295. The molecule has 0 spiro atoms. The molecule has 0 bridgehead atoms. The van der Waals surface area contributed by atoms with Crippen LogP contribution in [0.15, 0.2) is 30.3 Å². The molecule has 0 fully saturated rings. The second-order valence-electron chi connectivity index (χ2n) is 3.43. The summed E-state index contributed by atoms with van der Waals surface area (Å²) in [6.45, 7) is 0.295. The third-order valence-electron chi connectivity index (χ3n) is 2.03. The molecule has 0 saturated heterocycles. The summed E-state index contributed by atoms with van der Waals surface area (Å²) >= 11 is 8.12. The molecule has 1 aromatic carbocycles. The van der Waals surface area contributed by atoms with Crippen LogP contribution < -0.4 is 4.74 Å². The molecule has 94 valence electrons. The second-order valence-corrected chi connectivity index (χ2v) is 5.07. The van der Waals surface area contributed by atoms with E-state index < -0.39 is 0 Å². The van der Waals surface area contributed by atoms with Gasteiger partial charge in [-0.2, -0.15) is 4.98 Å². The van der Waals surface area contributed by atoms with Crippen LogP contribution in [-0.4, -0.2) is 17.1 Å². The van der Waals surface area contributed by atoms with Gasteiger partial charge in [0.25, 0.3) is 0 Å². The lowest BCUT2D eigenvalue weighted by Crippen LogP contribution is -1.99. The molecule has 0 amide bonds. The van der Waals surface area contributed by atoms with Crippen LogP contribution in [0.1, 0.15) is 5.82 Å². The van der Waals surface area contributed by atoms with Crippen molar-refractivity contribution in [2.75, 3.05) is 7.11 Å². The Kier molecular flexibility index (Phi) is 4.73. The average Bonchev–Trinajstić information content (AvgIpc) is 2.32. The summed E-state index contributed by atoms with van der Waals surface area (Å²) in [4.78, 5) is 8.22. The van der Waals surface area contributed by atoms with Crippen LogP contribution in [0.5, 0.6) is 11.6 Å². The van der Waals surface area contributed by atoms with Crippen LogP contribution in [0.25, 0.3) is 0 Å². The van der Waals surface area contributed by atoms with E-state index in [2.05, 4.69) is 32.6 Å². The average molecular weight is 377 g/mol. The highest BCUT2D eigenvalue weighted by Gasteiger charge is 2.05. The lowest BCUT2D eigenvalue weighted by molar-refractivity contribution is 0.177. The molecule has 0 radical (unpaired) electrons. The zero-order chi connectivity index (χ0) is 13.0. The Balaban J connectivity index is 2.20. The summed E-state index contributed by atoms with van der Waals surface area (Å²) in [5.74, 6) is 1.60. The van der Waals surface area contributed by atoms with Crippen molar-refractivity contribution >= 4 is 34.2 Å². The Hall–Kier alpha value is -0.920. The molecule has 1 aromatic heterocycles. The molecule has 18 heavy (non-hydrogen) atoms. The highest BCUT2D eigenvalue weighted by Crippen LogP contribution is 2.22. The van der Waals surface area contributed by atoms with Crippen molar-refractivity contribution in [2.24, 2.45) is 0 Å². The Bertz CT molecular complexity index is 534. The van der Waals surface area contributed by atoms with Crippen LogP contribution >= 0.6 is 34.2 Å². The largest absolute Gasteiger partial charge is 0.439 e. The van der Waals surface area contributed by atoms with Gasteiger partial charge >= 0.3 is 0 Å². The van der Waals surface area contributed by atoms with Crippen molar-refractivity contribution in [3.8, 4) is 11.6 Å². The molecule has 1 heterocycles. The number of hydrogen-bond acceptors (Lipinski definition) is 4. The maximum atomic E-state index is 5.89. The van der Waals surface area contributed by atoms with E-state index in [1.807, 2.05) is 24.3 Å². The van der Waals surface area contributed by atoms with Crippen LogP contribution in [0.2, 0.25) is 5.15 Å². The van der Waals surface area contributed by atoms with Crippen molar-refractivity contribution in [1.29, 1.82) is 0 Å². The summed E-state index contributed by atoms with van der Waals surface area (Å²) in [7, 11) is 1.57. The first-order valence-electron chi connectivity index (χ1n) is 5.13. The molecule has 2 rings (SSSR count). The molecular formula is C12H10ClIN2O2. The van der Waals surface area contributed by atoms with E-state index >= 15 is 0 Å². The fraction of sp³-hybridized carbons (Fsp3) is 0.167. The molecule has 0 aliphatic heterocycles. The first kappa shape index (κ1) is 13.5. The minimum absolute atomic E-state index is 0.295. The number of aromatic nitrogens is 2. The van der Waals surface area contributed by atoms with Crippen molar-refractivity contribution < 1.29 is 9.47 Å². The number of rotatable bonds is 4. The lowest BCUT2D eigenvalue weighted by atomic mass is 10.3. The Morgan fingerprint density at radius 2 is 1.94 bits per heavy atom. The maximum Gasteiger partial charge on any atom is 0.224 e. The highest BCUT2D eigenvalue weighted by atomic mass is 127. The van der Waals surface area contributed by atoms with E-state index in [4.69, 9.17) is 21.1 Å². The van der Waals surface area contributed by atoms with E-state index in [0.717, 1.165) is 3.57 Å². The fourth-order valence-electron chi connectivity index (χ4n) is 1.31. The summed E-state index contributed by atoms with van der Waals surface area (Å²) < 4.78 is 11.7. The van der Waals surface area contributed by atoms with Crippen molar-refractivity contribution in [2.45, 2.75) is 6.61 Å². The zero-order valence-electron chi connectivity index (χ0n) is 9.56. The third kappa shape index (κ3) is 3.79. The minimum Gasteiger partial charge on any atom is -0.439 e. The van der Waals surface area contributed by atoms with Gasteiger partial charge in [-0.1, -0.05) is 11.6 Å². The van der Waals surface area contributed by atoms with Crippen molar-refractivity contribution in [3.63, 3.8) is 0 Å². The van der Waals surface area contributed by atoms with Crippen LogP contribution in [0.3, 0.4) is 0 Å². The second kappa shape index (κ2) is 6.31. The Morgan fingerprint density at radius 1 is 1.22 bits per heavy atom. The summed E-state index contributed by atoms with van der Waals surface area (Å²) in [5, 5.41) is 0.331. The molecule has 0 N–H and O–H groups in total. The third-order valence-corrected chi connectivity index (χ3v) is 2.94. The quantitative estimate of drug-likeness (QED) is 0.603. The van der Waals surface area contributed by atoms with Gasteiger partial charge in [-0.3, -0.25) is 0 Å². The molecule has 4 nitrogen and oxygen atoms in total. The van der Waals surface area contributed by atoms with Crippen molar-refractivity contribution in [3.05, 3.63) is 44.9 Å². The van der Waals surface area contributed by atoms with E-state index in [1.165, 1.54) is 0 Å². The molecule has 0 atom stereocenters. The number of methoxy groups -OCH3 is 1. The van der Waals surface area contributed by atoms with Crippen LogP contribution in [-0.2, 0) is 11.3 Å². The van der Waals surface area contributed by atoms with Crippen molar-refractivity contribution in [1.82, 2.24) is 9.97 Å². The van der Waals surface area contributed by atoms with Gasteiger partial charge in [0.15, 0.2) is 5.82 Å². The van der Waals surface area contributed by atoms with Gasteiger partial charge < -0.3 is 9.47 Å². The Labute approximate surface area is 123 Å². The predicted molar refractivity (Wildman–Crippen MR) is 77.0 cm³/mol. The van der Waals surface area contributed by atoms with E-state index in [-0.39, 0.29) is 0 Å². The number of nitrogens with zero attached hydrogens (tertiary/aromatic N) is 2. The van der Waals surface area contributed by atoms with Gasteiger partial charge in [-0.25, -0.2) is 4.98 Å². The topological polar surface area (TPSA) is 44.2 Å². The van der Waals surface area contributed by atoms with Gasteiger partial charge in [-0.15, -0.1) is 0 Å². The molecule has 0 saturated carbocycles. The fourth-order valence-corrected chi connectivity index (χ4v) is 1.86. The standard InChI is InChI=1S/C12H10ClIN2O2/c1-17-7-11-15-10(13)6-12(16-11)18-9-4-2-8(14)3-5-9/h2-6H,7H2,1H3. The monoisotopic (exact) mass is 376 g/mol. The van der Waals surface area contributed by atoms with Gasteiger partial charge in [0.1, 0.15) is 17.5 Å². The SMILES string of the molecule is COCc1nc(Cl)cc(Oc2ccc(I)cc2)n1. The van der Waals surface area contributed by atoms with E-state index in [0.29, 0.717) is 29.2 Å². The number of benzene rings is 1. The Morgan fingerprint density at radius 3 is 2.61 bits per heavy atom. The van der Waals surface area contributed by atoms with Gasteiger partial charge in [0.05, 0.1) is 0 Å². The first-order valence-corrected chi connectivity index (χ1v) is 6.59. The number of halogens is 2. The van der Waals surface area contributed by atoms with E-state index in [1.54, 1.807) is 13.2 Å². The highest BCUT2D eigenvalue weighted by molar-refractivity contribution is 14.1. The number of hydrogen-bond donors (Lipinski definition) is 0. The molecular weight excluding hydrogens is 367 g/mol. The van der Waals surface area contributed by atoms with Gasteiger partial charge in [-0.05, 0) is 46.9 Å². The molecule has 0 aliphatic rings. The summed E-state index contributed by atoms with van der Waals surface area (Å²) in [6.07, 6.45) is 0. The molecule has 0 unspecified atom stereocenters. The normalized spacial score (nSPS) is 10.4. The molecule has 6 heteroatoms. The lowest BCUT2D eigenvalue weighted by Gasteiger charge is -2.06. The van der Waals surface area contributed by atoms with Crippen LogP contribution in [0.4, 0.5) is 0 Å². The summed E-state index contributed by atoms with van der Waals surface area (Å²) in [5.41, 5.74) is 0. The molecule has 2 aromatic rings. The van der Waals surface area contributed by atoms with Gasteiger partial charge in [0, 0.05) is 16.7 Å². The maximum absolute atomic E-state index is 5.89. The number of ether oxygens (including phenoxy) is 2. The molecule has 0 aliphatic carbocycles. The zero-order valence-corrected chi connectivity index (χ0v) is 12.5. The van der Waals surface area contributed by atoms with Crippen LogP contribution in [0, 0.1) is 3.57 Å². The van der Waals surface area contributed by atoms with Gasteiger partial charge in [0.2, 0.25) is 5.88 Å². The first-order chi connectivity index (χ1) is 8.67. The summed E-state index contributed by atoms with van der Waals surface area (Å²) in [6, 6.07) is 9.21. The van der Waals surface area contributed by atoms with E-state index in [9.17, 15) is 0 Å². The smallest absolute Gasteiger partial charge is 0.224 e. The predicted octanol–water partition coefficient (Wildman–Crippen LogP) is 3.67.